The molecule has 4 nitrogen and oxygen atoms in total. The van der Waals surface area contributed by atoms with Crippen molar-refractivity contribution in [3.05, 3.63) is 23.5 Å². The Kier molecular flexibility index (Phi) is 3.35. The van der Waals surface area contributed by atoms with Crippen LogP contribution in [0.1, 0.15) is 25.3 Å². The highest BCUT2D eigenvalue weighted by Gasteiger charge is 2.50. The molecule has 1 aliphatic rings. The maximum absolute atomic E-state index is 14.3. The summed E-state index contributed by atoms with van der Waals surface area (Å²) in [4.78, 5) is -0.339. The van der Waals surface area contributed by atoms with Crippen molar-refractivity contribution in [1.29, 1.82) is 0 Å². The summed E-state index contributed by atoms with van der Waals surface area (Å²) in [5, 5.41) is 0. The van der Waals surface area contributed by atoms with E-state index in [1.807, 2.05) is 6.92 Å². The van der Waals surface area contributed by atoms with E-state index in [1.54, 1.807) is 6.07 Å². The van der Waals surface area contributed by atoms with E-state index in [2.05, 4.69) is 0 Å². The second kappa shape index (κ2) is 4.45. The average Bonchev–Trinajstić information content (AvgIpc) is 3.07. The topological polar surface area (TPSA) is 69.4 Å². The number of hydrogen-bond donors (Lipinski definition) is 1. The zero-order valence-electron chi connectivity index (χ0n) is 11.2. The Balaban J connectivity index is 2.64. The monoisotopic (exact) mass is 287 g/mol. The van der Waals surface area contributed by atoms with E-state index in [1.165, 1.54) is 13.2 Å². The second-order valence-corrected chi connectivity index (χ2v) is 7.16. The third-order valence-corrected chi connectivity index (χ3v) is 4.98. The molecule has 1 aromatic carbocycles. The van der Waals surface area contributed by atoms with Crippen LogP contribution >= 0.6 is 0 Å². The van der Waals surface area contributed by atoms with Crippen molar-refractivity contribution in [3.8, 4) is 5.75 Å². The molecule has 0 amide bonds. The molecule has 106 valence electrons. The van der Waals surface area contributed by atoms with E-state index in [-0.39, 0.29) is 22.1 Å². The van der Waals surface area contributed by atoms with E-state index >= 15 is 0 Å². The normalized spacial score (nSPS) is 19.0. The lowest BCUT2D eigenvalue weighted by Crippen LogP contribution is -2.32. The summed E-state index contributed by atoms with van der Waals surface area (Å²) in [7, 11) is -2.28. The number of halogens is 1. The summed E-state index contributed by atoms with van der Waals surface area (Å²) >= 11 is 0. The van der Waals surface area contributed by atoms with Gasteiger partial charge in [0.25, 0.3) is 0 Å². The number of rotatable bonds is 4. The molecule has 1 saturated carbocycles. The minimum absolute atomic E-state index is 0.00211. The van der Waals surface area contributed by atoms with Gasteiger partial charge in [-0.1, -0.05) is 6.07 Å². The van der Waals surface area contributed by atoms with Gasteiger partial charge < -0.3 is 10.5 Å². The van der Waals surface area contributed by atoms with Crippen LogP contribution in [-0.2, 0) is 15.3 Å². The number of hydrogen-bond acceptors (Lipinski definition) is 4. The summed E-state index contributed by atoms with van der Waals surface area (Å²) < 4.78 is 42.4. The Morgan fingerprint density at radius 2 is 2.00 bits per heavy atom. The highest BCUT2D eigenvalue weighted by Crippen LogP contribution is 2.54. The second-order valence-electron chi connectivity index (χ2n) is 5.18. The van der Waals surface area contributed by atoms with Crippen LogP contribution < -0.4 is 10.5 Å². The number of nitrogens with two attached hydrogens (primary N) is 1. The van der Waals surface area contributed by atoms with Crippen LogP contribution in [-0.4, -0.2) is 27.8 Å². The molecule has 0 heterocycles. The Hall–Kier alpha value is -1.14. The van der Waals surface area contributed by atoms with Crippen LogP contribution in [0.25, 0.3) is 0 Å². The van der Waals surface area contributed by atoms with Gasteiger partial charge in [-0.3, -0.25) is 0 Å². The molecule has 2 rings (SSSR count). The molecule has 0 bridgehead atoms. The molecule has 0 aliphatic heterocycles. The molecule has 0 aromatic heterocycles. The lowest BCUT2D eigenvalue weighted by molar-refractivity contribution is 0.366. The van der Waals surface area contributed by atoms with E-state index in [0.717, 1.165) is 19.1 Å². The van der Waals surface area contributed by atoms with Crippen LogP contribution in [0.3, 0.4) is 0 Å². The third kappa shape index (κ3) is 2.23. The van der Waals surface area contributed by atoms with Crippen LogP contribution in [0.5, 0.6) is 5.75 Å². The largest absolute Gasteiger partial charge is 0.493 e. The van der Waals surface area contributed by atoms with Gasteiger partial charge in [0.2, 0.25) is 0 Å². The number of ether oxygens (including phenoxy) is 1. The van der Waals surface area contributed by atoms with Crippen molar-refractivity contribution in [3.63, 3.8) is 0 Å². The Morgan fingerprint density at radius 3 is 2.37 bits per heavy atom. The molecule has 1 atom stereocenters. The molecule has 1 aromatic rings. The zero-order valence-corrected chi connectivity index (χ0v) is 12.1. The van der Waals surface area contributed by atoms with Gasteiger partial charge in [-0.15, -0.1) is 0 Å². The first-order valence-electron chi connectivity index (χ1n) is 6.06. The molecule has 0 spiro atoms. The first-order chi connectivity index (χ1) is 8.74. The lowest BCUT2D eigenvalue weighted by atomic mass is 9.88. The van der Waals surface area contributed by atoms with Crippen molar-refractivity contribution >= 4 is 9.84 Å². The summed E-state index contributed by atoms with van der Waals surface area (Å²) in [5.41, 5.74) is 6.34. The summed E-state index contributed by atoms with van der Waals surface area (Å²) in [6, 6.07) is 2.78. The Labute approximate surface area is 112 Å². The van der Waals surface area contributed by atoms with E-state index in [0.29, 0.717) is 5.56 Å². The predicted molar refractivity (Wildman–Crippen MR) is 70.6 cm³/mol. The van der Waals surface area contributed by atoms with Crippen molar-refractivity contribution in [2.45, 2.75) is 36.1 Å². The van der Waals surface area contributed by atoms with Gasteiger partial charge in [-0.05, 0) is 25.8 Å². The van der Waals surface area contributed by atoms with Gasteiger partial charge in [0, 0.05) is 23.3 Å². The highest BCUT2D eigenvalue weighted by molar-refractivity contribution is 7.90. The molecule has 1 aliphatic carbocycles. The van der Waals surface area contributed by atoms with Gasteiger partial charge in [-0.2, -0.15) is 0 Å². The van der Waals surface area contributed by atoms with Crippen LogP contribution in [0.2, 0.25) is 0 Å². The van der Waals surface area contributed by atoms with Crippen LogP contribution in [0.4, 0.5) is 4.39 Å². The van der Waals surface area contributed by atoms with E-state index in [4.69, 9.17) is 10.5 Å². The maximum Gasteiger partial charge on any atom is 0.183 e. The minimum Gasteiger partial charge on any atom is -0.493 e. The molecule has 1 fully saturated rings. The quantitative estimate of drug-likeness (QED) is 0.913. The number of methoxy groups -OCH3 is 1. The minimum atomic E-state index is -3.61. The standard InChI is InChI=1S/C13H18FNO3S/c1-8(15)13(6-7-13)9-4-5-10(19(3,16)17)11(14)12(9)18-2/h4-5,8H,6-7,15H2,1-3H3. The first kappa shape index (κ1) is 14.3. The van der Waals surface area contributed by atoms with E-state index < -0.39 is 15.7 Å². The summed E-state index contributed by atoms with van der Waals surface area (Å²) in [6.45, 7) is 1.87. The fourth-order valence-corrected chi connectivity index (χ4v) is 3.25. The van der Waals surface area contributed by atoms with Gasteiger partial charge in [0.1, 0.15) is 4.90 Å². The maximum atomic E-state index is 14.3. The Bertz CT molecular complexity index is 607. The molecule has 2 N–H and O–H groups in total. The molecule has 0 saturated heterocycles. The van der Waals surface area contributed by atoms with E-state index in [9.17, 15) is 12.8 Å². The summed E-state index contributed by atoms with van der Waals surface area (Å²) in [6.07, 6.45) is 2.69. The molecule has 0 radical (unpaired) electrons. The molecular weight excluding hydrogens is 269 g/mol. The van der Waals surface area contributed by atoms with Gasteiger partial charge in [0.15, 0.2) is 21.4 Å². The van der Waals surface area contributed by atoms with Crippen molar-refractivity contribution in [1.82, 2.24) is 0 Å². The Morgan fingerprint density at radius 1 is 1.42 bits per heavy atom. The fraction of sp³-hybridized carbons (Fsp3) is 0.538. The molecular formula is C13H18FNO3S. The SMILES string of the molecule is COc1c(C2(C(C)N)CC2)ccc(S(C)(=O)=O)c1F. The summed E-state index contributed by atoms with van der Waals surface area (Å²) in [5.74, 6) is -0.827. The average molecular weight is 287 g/mol. The van der Waals surface area contributed by atoms with Gasteiger partial charge >= 0.3 is 0 Å². The first-order valence-corrected chi connectivity index (χ1v) is 7.96. The van der Waals surface area contributed by atoms with Gasteiger partial charge in [-0.25, -0.2) is 12.8 Å². The lowest BCUT2D eigenvalue weighted by Gasteiger charge is -2.23. The van der Waals surface area contributed by atoms with Crippen LogP contribution in [0, 0.1) is 5.82 Å². The number of sulfone groups is 1. The molecule has 1 unspecified atom stereocenters. The third-order valence-electron chi connectivity index (χ3n) is 3.86. The zero-order chi connectivity index (χ0) is 14.4. The van der Waals surface area contributed by atoms with Crippen molar-refractivity contribution in [2.75, 3.05) is 13.4 Å². The fourth-order valence-electron chi connectivity index (χ4n) is 2.52. The molecule has 6 heteroatoms. The number of benzene rings is 1. The van der Waals surface area contributed by atoms with Crippen LogP contribution in [0.15, 0.2) is 17.0 Å². The molecule has 19 heavy (non-hydrogen) atoms. The smallest absolute Gasteiger partial charge is 0.183 e. The van der Waals surface area contributed by atoms with Gasteiger partial charge in [0.05, 0.1) is 7.11 Å². The van der Waals surface area contributed by atoms with Crippen molar-refractivity contribution < 1.29 is 17.5 Å². The highest BCUT2D eigenvalue weighted by atomic mass is 32.2. The predicted octanol–water partition coefficient (Wildman–Crippen LogP) is 1.62. The van der Waals surface area contributed by atoms with Crippen molar-refractivity contribution in [2.24, 2.45) is 5.73 Å².